The fraction of sp³-hybridized carbons (Fsp3) is 0.902. The standard InChI is InChI=1S/C51H88O7/c1-7-8-9-10-11-12-13-14-15-16-17-18-19-20-21-25-45(52)56-35-44-46(53)47(54)48(55)49(58-44)57-39-30-32-50(5)38(34-39)26-27-40-42-29-28-41(37(4)24-22-23-36(2)3)51(42,6)33-31-43(40)50/h14-15,26,36-37,39-44,46-49,53-55H,7-13,16-25,27-35H2,1-6H3/b15-14-. The zero-order valence-electron chi connectivity index (χ0n) is 38.0. The van der Waals surface area contributed by atoms with E-state index in [1.807, 2.05) is 0 Å². The number of carbonyl (C=O) groups excluding carboxylic acids is 1. The van der Waals surface area contributed by atoms with E-state index in [1.165, 1.54) is 102 Å². The highest BCUT2D eigenvalue weighted by molar-refractivity contribution is 5.69. The summed E-state index contributed by atoms with van der Waals surface area (Å²) in [6.07, 6.45) is 30.2. The smallest absolute Gasteiger partial charge is 0.305 e. The number of aliphatic hydroxyl groups excluding tert-OH is 3. The molecule has 13 unspecified atom stereocenters. The van der Waals surface area contributed by atoms with Crippen LogP contribution in [0.3, 0.4) is 0 Å². The van der Waals surface area contributed by atoms with Crippen LogP contribution in [0.4, 0.5) is 0 Å². The molecule has 1 heterocycles. The molecule has 3 N–H and O–H groups in total. The fourth-order valence-corrected chi connectivity index (χ4v) is 12.7. The summed E-state index contributed by atoms with van der Waals surface area (Å²) in [6, 6.07) is 0. The van der Waals surface area contributed by atoms with E-state index in [1.54, 1.807) is 0 Å². The van der Waals surface area contributed by atoms with Crippen molar-refractivity contribution in [2.24, 2.45) is 46.3 Å². The number of rotatable bonds is 24. The SMILES string of the molecule is CCCCCCCC/C=C\CCCCCCCC(=O)OCC1OC(OC2CCC3(C)C(=CCC4C3CCC3(C)C(C(C)CCCC(C)C)CCC43)C2)C(O)C(O)C1O. The Hall–Kier alpha value is -1.25. The van der Waals surface area contributed by atoms with Gasteiger partial charge in [-0.3, -0.25) is 4.79 Å². The monoisotopic (exact) mass is 813 g/mol. The molecular weight excluding hydrogens is 725 g/mol. The van der Waals surface area contributed by atoms with Gasteiger partial charge in [-0.15, -0.1) is 0 Å². The molecule has 4 fully saturated rings. The fourth-order valence-electron chi connectivity index (χ4n) is 12.7. The summed E-state index contributed by atoms with van der Waals surface area (Å²) < 4.78 is 18.0. The average Bonchev–Trinajstić information content (AvgIpc) is 3.56. The Labute approximate surface area is 354 Å². The number of hydrogen-bond donors (Lipinski definition) is 3. The van der Waals surface area contributed by atoms with Gasteiger partial charge in [0.1, 0.15) is 31.0 Å². The Morgan fingerprint density at radius 2 is 1.50 bits per heavy atom. The van der Waals surface area contributed by atoms with Crippen LogP contribution < -0.4 is 0 Å². The van der Waals surface area contributed by atoms with Crippen LogP contribution in [0.15, 0.2) is 23.8 Å². The molecule has 5 rings (SSSR count). The molecule has 5 aliphatic rings. The van der Waals surface area contributed by atoms with Crippen molar-refractivity contribution in [2.75, 3.05) is 6.61 Å². The molecule has 0 radical (unpaired) electrons. The van der Waals surface area contributed by atoms with Gasteiger partial charge in [-0.1, -0.05) is 136 Å². The highest BCUT2D eigenvalue weighted by Gasteiger charge is 2.59. The van der Waals surface area contributed by atoms with Crippen molar-refractivity contribution in [3.63, 3.8) is 0 Å². The second-order valence-corrected chi connectivity index (χ2v) is 20.8. The molecule has 58 heavy (non-hydrogen) atoms. The Bertz CT molecular complexity index is 1280. The highest BCUT2D eigenvalue weighted by atomic mass is 16.7. The first-order chi connectivity index (χ1) is 27.9. The number of unbranched alkanes of at least 4 members (excludes halogenated alkanes) is 11. The predicted molar refractivity (Wildman–Crippen MR) is 235 cm³/mol. The van der Waals surface area contributed by atoms with Crippen molar-refractivity contribution < 1.29 is 34.3 Å². The third-order valence-electron chi connectivity index (χ3n) is 16.3. The number of carbonyl (C=O) groups is 1. The zero-order chi connectivity index (χ0) is 41.7. The highest BCUT2D eigenvalue weighted by Crippen LogP contribution is 2.67. The zero-order valence-corrected chi connectivity index (χ0v) is 38.0. The first-order valence-corrected chi connectivity index (χ1v) is 24.7. The van der Waals surface area contributed by atoms with Crippen LogP contribution >= 0.6 is 0 Å². The summed E-state index contributed by atoms with van der Waals surface area (Å²) in [4.78, 5) is 12.6. The Morgan fingerprint density at radius 3 is 2.21 bits per heavy atom. The minimum atomic E-state index is -1.44. The van der Waals surface area contributed by atoms with Gasteiger partial charge in [-0.25, -0.2) is 0 Å². The van der Waals surface area contributed by atoms with E-state index in [4.69, 9.17) is 14.2 Å². The van der Waals surface area contributed by atoms with E-state index in [0.29, 0.717) is 17.8 Å². The van der Waals surface area contributed by atoms with Crippen LogP contribution in [0.1, 0.15) is 202 Å². The van der Waals surface area contributed by atoms with Gasteiger partial charge in [-0.2, -0.15) is 0 Å². The van der Waals surface area contributed by atoms with Crippen molar-refractivity contribution in [2.45, 2.75) is 239 Å². The Morgan fingerprint density at radius 1 is 0.810 bits per heavy atom. The second kappa shape index (κ2) is 23.3. The summed E-state index contributed by atoms with van der Waals surface area (Å²) in [7, 11) is 0. The summed E-state index contributed by atoms with van der Waals surface area (Å²) in [5.74, 6) is 4.43. The maximum atomic E-state index is 12.6. The number of esters is 1. The lowest BCUT2D eigenvalue weighted by atomic mass is 9.47. The molecule has 0 amide bonds. The van der Waals surface area contributed by atoms with E-state index >= 15 is 0 Å². The van der Waals surface area contributed by atoms with Crippen LogP contribution in [0.25, 0.3) is 0 Å². The number of ether oxygens (including phenoxy) is 3. The summed E-state index contributed by atoms with van der Waals surface area (Å²) in [5, 5.41) is 32.5. The lowest BCUT2D eigenvalue weighted by molar-refractivity contribution is -0.313. The normalized spacial score (nSPS) is 36.7. The molecule has 4 aliphatic carbocycles. The Kier molecular flexibility index (Phi) is 19.2. The van der Waals surface area contributed by atoms with Gasteiger partial charge in [-0.05, 0) is 130 Å². The number of aliphatic hydroxyl groups is 3. The van der Waals surface area contributed by atoms with Gasteiger partial charge < -0.3 is 29.5 Å². The molecule has 1 aliphatic heterocycles. The molecule has 0 spiro atoms. The van der Waals surface area contributed by atoms with Crippen LogP contribution in [0.2, 0.25) is 0 Å². The van der Waals surface area contributed by atoms with Gasteiger partial charge >= 0.3 is 5.97 Å². The summed E-state index contributed by atoms with van der Waals surface area (Å²) >= 11 is 0. The maximum Gasteiger partial charge on any atom is 0.305 e. The van der Waals surface area contributed by atoms with Crippen molar-refractivity contribution in [1.82, 2.24) is 0 Å². The van der Waals surface area contributed by atoms with Crippen LogP contribution in [-0.4, -0.2) is 64.7 Å². The van der Waals surface area contributed by atoms with E-state index in [-0.39, 0.29) is 24.1 Å². The number of allylic oxidation sites excluding steroid dienone is 3. The van der Waals surface area contributed by atoms with E-state index in [2.05, 4.69) is 59.8 Å². The molecule has 0 aromatic heterocycles. The molecule has 1 saturated heterocycles. The predicted octanol–water partition coefficient (Wildman–Crippen LogP) is 11.8. The lowest BCUT2D eigenvalue weighted by Gasteiger charge is -2.58. The average molecular weight is 813 g/mol. The van der Waals surface area contributed by atoms with Crippen LogP contribution in [0, 0.1) is 46.3 Å². The van der Waals surface area contributed by atoms with E-state index in [9.17, 15) is 20.1 Å². The largest absolute Gasteiger partial charge is 0.463 e. The minimum absolute atomic E-state index is 0.140. The van der Waals surface area contributed by atoms with Crippen molar-refractivity contribution in [1.29, 1.82) is 0 Å². The molecule has 3 saturated carbocycles. The van der Waals surface area contributed by atoms with Gasteiger partial charge in [0.2, 0.25) is 0 Å². The van der Waals surface area contributed by atoms with Gasteiger partial charge in [0.25, 0.3) is 0 Å². The topological polar surface area (TPSA) is 105 Å². The Balaban J connectivity index is 1.01. The van der Waals surface area contributed by atoms with Gasteiger partial charge in [0, 0.05) is 6.42 Å². The molecule has 0 aromatic rings. The van der Waals surface area contributed by atoms with Crippen molar-refractivity contribution >= 4 is 5.97 Å². The maximum absolute atomic E-state index is 12.6. The molecule has 334 valence electrons. The first-order valence-electron chi connectivity index (χ1n) is 24.7. The molecule has 0 aromatic carbocycles. The van der Waals surface area contributed by atoms with Crippen LogP contribution in [-0.2, 0) is 19.0 Å². The van der Waals surface area contributed by atoms with Crippen molar-refractivity contribution in [3.8, 4) is 0 Å². The van der Waals surface area contributed by atoms with E-state index in [0.717, 1.165) is 87.4 Å². The first kappa shape index (κ1) is 47.8. The summed E-state index contributed by atoms with van der Waals surface area (Å²) in [6.45, 7) is 14.5. The molecular formula is C51H88O7. The van der Waals surface area contributed by atoms with Crippen molar-refractivity contribution in [3.05, 3.63) is 23.8 Å². The molecule has 0 bridgehead atoms. The molecule has 7 heteroatoms. The lowest BCUT2D eigenvalue weighted by Crippen LogP contribution is -2.60. The van der Waals surface area contributed by atoms with Gasteiger partial charge in [0.15, 0.2) is 6.29 Å². The molecule has 7 nitrogen and oxygen atoms in total. The third kappa shape index (κ3) is 12.4. The van der Waals surface area contributed by atoms with Crippen LogP contribution in [0.5, 0.6) is 0 Å². The summed E-state index contributed by atoms with van der Waals surface area (Å²) in [5.41, 5.74) is 2.14. The number of hydrogen-bond acceptors (Lipinski definition) is 7. The van der Waals surface area contributed by atoms with E-state index < -0.39 is 30.7 Å². The third-order valence-corrected chi connectivity index (χ3v) is 16.3. The quantitative estimate of drug-likeness (QED) is 0.0506. The minimum Gasteiger partial charge on any atom is -0.463 e. The van der Waals surface area contributed by atoms with Gasteiger partial charge in [0.05, 0.1) is 6.10 Å². The molecule has 13 atom stereocenters. The number of fused-ring (bicyclic) bond motifs is 5. The second-order valence-electron chi connectivity index (χ2n) is 20.8.